The largest absolute Gasteiger partial charge is 0.369 e. The van der Waals surface area contributed by atoms with Crippen molar-refractivity contribution < 1.29 is 13.2 Å². The molecule has 1 unspecified atom stereocenters. The van der Waals surface area contributed by atoms with Gasteiger partial charge in [0.15, 0.2) is 9.84 Å². The minimum atomic E-state index is -3.05. The fraction of sp³-hybridized carbons (Fsp3) is 0.538. The van der Waals surface area contributed by atoms with Crippen LogP contribution in [0.4, 0.5) is 5.82 Å². The first-order valence-corrected chi connectivity index (χ1v) is 9.02. The molecule has 2 heterocycles. The van der Waals surface area contributed by atoms with E-state index in [0.29, 0.717) is 35.8 Å². The van der Waals surface area contributed by atoms with Gasteiger partial charge < -0.3 is 10.6 Å². The van der Waals surface area contributed by atoms with Crippen LogP contribution in [-0.4, -0.2) is 43.4 Å². The standard InChI is InChI=1S/C13H18ClN3O3S/c1-2-15-12-11(14)6-9(7-16-12)13(18)17-10-4-3-5-21(19,20)8-10/h6-7,10H,2-5,8H2,1H3,(H,15,16)(H,17,18). The van der Waals surface area contributed by atoms with Gasteiger partial charge in [-0.2, -0.15) is 0 Å². The number of aromatic nitrogens is 1. The Hall–Kier alpha value is -1.34. The molecule has 1 aromatic heterocycles. The van der Waals surface area contributed by atoms with E-state index in [1.54, 1.807) is 0 Å². The predicted octanol–water partition coefficient (Wildman–Crippen LogP) is 1.47. The second-order valence-corrected chi connectivity index (χ2v) is 7.65. The lowest BCUT2D eigenvalue weighted by Gasteiger charge is -2.23. The number of carbonyl (C=O) groups is 1. The van der Waals surface area contributed by atoms with E-state index < -0.39 is 9.84 Å². The van der Waals surface area contributed by atoms with E-state index in [0.717, 1.165) is 0 Å². The van der Waals surface area contributed by atoms with Crippen molar-refractivity contribution in [3.63, 3.8) is 0 Å². The molecule has 1 aliphatic heterocycles. The number of nitrogens with one attached hydrogen (secondary N) is 2. The van der Waals surface area contributed by atoms with Gasteiger partial charge in [-0.1, -0.05) is 11.6 Å². The SMILES string of the molecule is CCNc1ncc(C(=O)NC2CCCS(=O)(=O)C2)cc1Cl. The highest BCUT2D eigenvalue weighted by Gasteiger charge is 2.26. The topological polar surface area (TPSA) is 88.2 Å². The molecule has 0 bridgehead atoms. The molecule has 0 aliphatic carbocycles. The third kappa shape index (κ3) is 4.31. The molecule has 1 saturated heterocycles. The summed E-state index contributed by atoms with van der Waals surface area (Å²) < 4.78 is 23.1. The van der Waals surface area contributed by atoms with Crippen LogP contribution in [0.1, 0.15) is 30.1 Å². The summed E-state index contributed by atoms with van der Waals surface area (Å²) in [5.41, 5.74) is 0.324. The van der Waals surface area contributed by atoms with Gasteiger partial charge in [-0.3, -0.25) is 4.79 Å². The molecule has 0 spiro atoms. The third-order valence-corrected chi connectivity index (χ3v) is 5.35. The van der Waals surface area contributed by atoms with Gasteiger partial charge in [0, 0.05) is 18.8 Å². The molecule has 1 fully saturated rings. The number of rotatable bonds is 4. The van der Waals surface area contributed by atoms with Crippen molar-refractivity contribution in [1.82, 2.24) is 10.3 Å². The second kappa shape index (κ2) is 6.62. The normalized spacial score (nSPS) is 20.8. The van der Waals surface area contributed by atoms with Crippen LogP contribution in [0.25, 0.3) is 0 Å². The van der Waals surface area contributed by atoms with Crippen LogP contribution >= 0.6 is 11.6 Å². The number of hydrogen-bond acceptors (Lipinski definition) is 5. The van der Waals surface area contributed by atoms with Gasteiger partial charge >= 0.3 is 0 Å². The number of sulfone groups is 1. The van der Waals surface area contributed by atoms with Crippen LogP contribution in [0.5, 0.6) is 0 Å². The minimum Gasteiger partial charge on any atom is -0.369 e. The maximum atomic E-state index is 12.1. The summed E-state index contributed by atoms with van der Waals surface area (Å²) in [4.78, 5) is 16.2. The Balaban J connectivity index is 2.05. The number of nitrogens with zero attached hydrogens (tertiary/aromatic N) is 1. The summed E-state index contributed by atoms with van der Waals surface area (Å²) in [6.07, 6.45) is 2.67. The van der Waals surface area contributed by atoms with Crippen LogP contribution in [0, 0.1) is 0 Å². The van der Waals surface area contributed by atoms with Crippen LogP contribution in [0.3, 0.4) is 0 Å². The molecule has 116 valence electrons. The average molecular weight is 332 g/mol. The molecule has 1 aliphatic rings. The first-order chi connectivity index (χ1) is 9.91. The quantitative estimate of drug-likeness (QED) is 0.872. The number of halogens is 1. The van der Waals surface area contributed by atoms with Crippen molar-refractivity contribution in [1.29, 1.82) is 0 Å². The summed E-state index contributed by atoms with van der Waals surface area (Å²) >= 11 is 6.04. The third-order valence-electron chi connectivity index (χ3n) is 3.25. The highest BCUT2D eigenvalue weighted by Crippen LogP contribution is 2.20. The summed E-state index contributed by atoms with van der Waals surface area (Å²) in [7, 11) is -3.05. The Kier molecular flexibility index (Phi) is 5.05. The van der Waals surface area contributed by atoms with E-state index in [4.69, 9.17) is 11.6 Å². The van der Waals surface area contributed by atoms with E-state index >= 15 is 0 Å². The van der Waals surface area contributed by atoms with Gasteiger partial charge in [0.05, 0.1) is 22.1 Å². The molecule has 1 amide bonds. The van der Waals surface area contributed by atoms with Gasteiger partial charge in [0.25, 0.3) is 5.91 Å². The Morgan fingerprint density at radius 3 is 2.90 bits per heavy atom. The predicted molar refractivity (Wildman–Crippen MR) is 82.6 cm³/mol. The summed E-state index contributed by atoms with van der Waals surface area (Å²) in [5, 5.41) is 6.07. The average Bonchev–Trinajstić information content (AvgIpc) is 2.40. The van der Waals surface area contributed by atoms with Crippen molar-refractivity contribution in [3.8, 4) is 0 Å². The number of anilines is 1. The fourth-order valence-corrected chi connectivity index (χ4v) is 4.13. The van der Waals surface area contributed by atoms with E-state index in [1.165, 1.54) is 12.3 Å². The Morgan fingerprint density at radius 1 is 1.52 bits per heavy atom. The Morgan fingerprint density at radius 2 is 2.29 bits per heavy atom. The van der Waals surface area contributed by atoms with Crippen LogP contribution in [0.15, 0.2) is 12.3 Å². The van der Waals surface area contributed by atoms with Gasteiger partial charge in [0.2, 0.25) is 0 Å². The molecule has 2 N–H and O–H groups in total. The lowest BCUT2D eigenvalue weighted by Crippen LogP contribution is -2.43. The molecule has 2 rings (SSSR count). The molecule has 8 heteroatoms. The second-order valence-electron chi connectivity index (χ2n) is 5.01. The lowest BCUT2D eigenvalue weighted by atomic mass is 10.1. The maximum Gasteiger partial charge on any atom is 0.253 e. The van der Waals surface area contributed by atoms with E-state index in [-0.39, 0.29) is 23.5 Å². The van der Waals surface area contributed by atoms with Crippen molar-refractivity contribution in [2.75, 3.05) is 23.4 Å². The van der Waals surface area contributed by atoms with Gasteiger partial charge in [-0.15, -0.1) is 0 Å². The zero-order chi connectivity index (χ0) is 15.5. The smallest absolute Gasteiger partial charge is 0.253 e. The number of pyridine rings is 1. The van der Waals surface area contributed by atoms with Crippen molar-refractivity contribution in [2.45, 2.75) is 25.8 Å². The maximum absolute atomic E-state index is 12.1. The summed E-state index contributed by atoms with van der Waals surface area (Å²) in [6, 6.07) is 1.18. The van der Waals surface area contributed by atoms with Crippen LogP contribution in [0.2, 0.25) is 5.02 Å². The van der Waals surface area contributed by atoms with E-state index in [9.17, 15) is 13.2 Å². The lowest BCUT2D eigenvalue weighted by molar-refractivity contribution is 0.0938. The van der Waals surface area contributed by atoms with E-state index in [2.05, 4.69) is 15.6 Å². The molecule has 1 atom stereocenters. The van der Waals surface area contributed by atoms with Gasteiger partial charge in [0.1, 0.15) is 5.82 Å². The molecular weight excluding hydrogens is 314 g/mol. The molecule has 0 radical (unpaired) electrons. The minimum absolute atomic E-state index is 0.00459. The summed E-state index contributed by atoms with van der Waals surface area (Å²) in [6.45, 7) is 2.60. The van der Waals surface area contributed by atoms with Crippen LogP contribution < -0.4 is 10.6 Å². The van der Waals surface area contributed by atoms with Crippen molar-refractivity contribution in [3.05, 3.63) is 22.8 Å². The Labute approximate surface area is 129 Å². The van der Waals surface area contributed by atoms with Gasteiger partial charge in [-0.05, 0) is 25.8 Å². The number of hydrogen-bond donors (Lipinski definition) is 2. The zero-order valence-corrected chi connectivity index (χ0v) is 13.3. The molecule has 0 saturated carbocycles. The fourth-order valence-electron chi connectivity index (χ4n) is 2.27. The van der Waals surface area contributed by atoms with Gasteiger partial charge in [-0.25, -0.2) is 13.4 Å². The molecule has 1 aromatic rings. The first-order valence-electron chi connectivity index (χ1n) is 6.82. The van der Waals surface area contributed by atoms with Crippen molar-refractivity contribution >= 4 is 33.2 Å². The molecule has 21 heavy (non-hydrogen) atoms. The van der Waals surface area contributed by atoms with Crippen molar-refractivity contribution in [2.24, 2.45) is 0 Å². The Bertz CT molecular complexity index is 634. The molecule has 6 nitrogen and oxygen atoms in total. The first kappa shape index (κ1) is 16.0. The number of amides is 1. The van der Waals surface area contributed by atoms with E-state index in [1.807, 2.05) is 6.92 Å². The highest BCUT2D eigenvalue weighted by atomic mass is 35.5. The number of carbonyl (C=O) groups excluding carboxylic acids is 1. The highest BCUT2D eigenvalue weighted by molar-refractivity contribution is 7.91. The van der Waals surface area contributed by atoms with Crippen LogP contribution in [-0.2, 0) is 9.84 Å². The molecule has 0 aromatic carbocycles. The zero-order valence-electron chi connectivity index (χ0n) is 11.7. The summed E-state index contributed by atoms with van der Waals surface area (Å²) in [5.74, 6) is 0.366. The monoisotopic (exact) mass is 331 g/mol. The molecular formula is C13H18ClN3O3S.